The van der Waals surface area contributed by atoms with Crippen molar-refractivity contribution in [1.82, 2.24) is 4.90 Å². The molecule has 0 saturated carbocycles. The van der Waals surface area contributed by atoms with Gasteiger partial charge in [-0.2, -0.15) is 0 Å². The maximum atomic E-state index is 13.9. The van der Waals surface area contributed by atoms with Gasteiger partial charge in [0.25, 0.3) is 0 Å². The molecule has 0 radical (unpaired) electrons. The van der Waals surface area contributed by atoms with E-state index >= 15 is 0 Å². The van der Waals surface area contributed by atoms with Crippen LogP contribution in [0.1, 0.15) is 25.3 Å². The number of piperidine rings is 1. The average molecular weight is 334 g/mol. The number of benzene rings is 1. The van der Waals surface area contributed by atoms with Crippen LogP contribution in [0.25, 0.3) is 0 Å². The molecule has 1 aromatic carbocycles. The van der Waals surface area contributed by atoms with E-state index < -0.39 is 11.6 Å². The van der Waals surface area contributed by atoms with Crippen LogP contribution in [0.5, 0.6) is 0 Å². The zero-order valence-corrected chi connectivity index (χ0v) is 12.5. The van der Waals surface area contributed by atoms with Gasteiger partial charge in [0.1, 0.15) is 11.6 Å². The Balaban J connectivity index is 2.02. The van der Waals surface area contributed by atoms with Gasteiger partial charge in [-0.3, -0.25) is 4.90 Å². The van der Waals surface area contributed by atoms with Crippen molar-refractivity contribution in [1.29, 1.82) is 0 Å². The van der Waals surface area contributed by atoms with Gasteiger partial charge in [0.15, 0.2) is 0 Å². The molecule has 106 valence electrons. The van der Waals surface area contributed by atoms with Crippen LogP contribution >= 0.6 is 15.9 Å². The fourth-order valence-corrected chi connectivity index (χ4v) is 2.90. The second-order valence-corrected chi connectivity index (χ2v) is 6.03. The summed E-state index contributed by atoms with van der Waals surface area (Å²) < 4.78 is 27.8. The first kappa shape index (κ1) is 14.9. The summed E-state index contributed by atoms with van der Waals surface area (Å²) >= 11 is 3.08. The lowest BCUT2D eigenvalue weighted by Crippen LogP contribution is -2.37. The molecule has 2 rings (SSSR count). The lowest BCUT2D eigenvalue weighted by molar-refractivity contribution is 0.0688. The zero-order chi connectivity index (χ0) is 14.0. The maximum absolute atomic E-state index is 13.9. The van der Waals surface area contributed by atoms with E-state index in [4.69, 9.17) is 0 Å². The third-order valence-electron chi connectivity index (χ3n) is 3.84. The molecule has 1 aromatic rings. The van der Waals surface area contributed by atoms with Crippen LogP contribution in [0.4, 0.5) is 8.78 Å². The minimum atomic E-state index is -0.516. The van der Waals surface area contributed by atoms with Gasteiger partial charge in [0.05, 0.1) is 10.6 Å². The van der Waals surface area contributed by atoms with Gasteiger partial charge in [-0.05, 0) is 66.8 Å². The fraction of sp³-hybridized carbons (Fsp3) is 0.571. The normalized spacial score (nSPS) is 19.6. The maximum Gasteiger partial charge on any atom is 0.144 e. The van der Waals surface area contributed by atoms with Crippen molar-refractivity contribution in [2.75, 3.05) is 13.1 Å². The molecule has 1 unspecified atom stereocenters. The monoisotopic (exact) mass is 333 g/mol. The summed E-state index contributed by atoms with van der Waals surface area (Å²) in [7, 11) is 0. The van der Waals surface area contributed by atoms with E-state index in [1.165, 1.54) is 12.1 Å². The summed E-state index contributed by atoms with van der Waals surface area (Å²) in [4.78, 5) is 2.03. The molecule has 0 aliphatic carbocycles. The van der Waals surface area contributed by atoms with Crippen molar-refractivity contribution in [3.8, 4) is 0 Å². The Morgan fingerprint density at radius 3 is 2.58 bits per heavy atom. The molecule has 1 aliphatic heterocycles. The highest BCUT2D eigenvalue weighted by molar-refractivity contribution is 9.10. The Morgan fingerprint density at radius 1 is 1.37 bits per heavy atom. The summed E-state index contributed by atoms with van der Waals surface area (Å²) in [5, 5.41) is 9.53. The third kappa shape index (κ3) is 3.52. The van der Waals surface area contributed by atoms with E-state index in [0.717, 1.165) is 25.9 Å². The number of halogens is 3. The fourth-order valence-electron chi connectivity index (χ4n) is 2.53. The molecule has 1 heterocycles. The van der Waals surface area contributed by atoms with Gasteiger partial charge in [-0.25, -0.2) is 8.78 Å². The molecule has 0 amide bonds. The van der Waals surface area contributed by atoms with Gasteiger partial charge in [-0.15, -0.1) is 0 Å². The highest BCUT2D eigenvalue weighted by atomic mass is 79.9. The molecule has 1 N–H and O–H groups in total. The van der Waals surface area contributed by atoms with Crippen LogP contribution in [-0.4, -0.2) is 29.2 Å². The Morgan fingerprint density at radius 2 is 2.00 bits per heavy atom. The quantitative estimate of drug-likeness (QED) is 0.858. The second-order valence-electron chi connectivity index (χ2n) is 5.18. The number of likely N-dealkylation sites (tertiary alicyclic amines) is 1. The van der Waals surface area contributed by atoms with Gasteiger partial charge < -0.3 is 5.11 Å². The Bertz CT molecular complexity index is 445. The number of nitrogens with zero attached hydrogens (tertiary/aromatic N) is 1. The van der Waals surface area contributed by atoms with E-state index in [2.05, 4.69) is 15.9 Å². The molecule has 1 atom stereocenters. The van der Waals surface area contributed by atoms with E-state index in [9.17, 15) is 13.9 Å². The number of hydrogen-bond acceptors (Lipinski definition) is 2. The second kappa shape index (κ2) is 6.29. The van der Waals surface area contributed by atoms with Crippen molar-refractivity contribution in [3.63, 3.8) is 0 Å². The van der Waals surface area contributed by atoms with E-state index in [0.29, 0.717) is 10.4 Å². The van der Waals surface area contributed by atoms with Gasteiger partial charge >= 0.3 is 0 Å². The van der Waals surface area contributed by atoms with Crippen LogP contribution in [0.2, 0.25) is 0 Å². The number of aliphatic hydroxyl groups excluding tert-OH is 1. The predicted octanol–water partition coefficient (Wildman–Crippen LogP) is 3.32. The highest BCUT2D eigenvalue weighted by Crippen LogP contribution is 2.26. The molecule has 1 saturated heterocycles. The SMILES string of the molecule is CC(O)C1CCN(Cc2c(F)ccc(Br)c2F)CC1. The molecule has 0 spiro atoms. The summed E-state index contributed by atoms with van der Waals surface area (Å²) in [6.07, 6.45) is 1.44. The molecule has 1 aliphatic rings. The largest absolute Gasteiger partial charge is 0.393 e. The summed E-state index contributed by atoms with van der Waals surface area (Å²) in [6.45, 7) is 3.61. The number of hydrogen-bond donors (Lipinski definition) is 1. The van der Waals surface area contributed by atoms with Crippen molar-refractivity contribution in [3.05, 3.63) is 33.8 Å². The number of rotatable bonds is 3. The van der Waals surface area contributed by atoms with Gasteiger partial charge in [0.2, 0.25) is 0 Å². The summed E-state index contributed by atoms with van der Waals surface area (Å²) in [6, 6.07) is 2.67. The van der Waals surface area contributed by atoms with Gasteiger partial charge in [-0.1, -0.05) is 0 Å². The van der Waals surface area contributed by atoms with E-state index in [1.54, 1.807) is 6.92 Å². The third-order valence-corrected chi connectivity index (χ3v) is 4.45. The molecule has 2 nitrogen and oxygen atoms in total. The van der Waals surface area contributed by atoms with Crippen LogP contribution < -0.4 is 0 Å². The lowest BCUT2D eigenvalue weighted by Gasteiger charge is -2.33. The molecule has 0 aromatic heterocycles. The average Bonchev–Trinajstić information content (AvgIpc) is 2.40. The molecular formula is C14H18BrF2NO. The standard InChI is InChI=1S/C14H18BrF2NO/c1-9(19)10-4-6-18(7-5-10)8-11-13(16)3-2-12(15)14(11)17/h2-3,9-10,19H,4-8H2,1H3. The zero-order valence-electron chi connectivity index (χ0n) is 10.9. The first-order valence-electron chi connectivity index (χ1n) is 6.52. The first-order valence-corrected chi connectivity index (χ1v) is 7.31. The lowest BCUT2D eigenvalue weighted by atomic mass is 9.92. The topological polar surface area (TPSA) is 23.5 Å². The van der Waals surface area contributed by atoms with Crippen molar-refractivity contribution in [2.24, 2.45) is 5.92 Å². The highest BCUT2D eigenvalue weighted by Gasteiger charge is 2.24. The molecular weight excluding hydrogens is 316 g/mol. The van der Waals surface area contributed by atoms with Crippen molar-refractivity contribution >= 4 is 15.9 Å². The van der Waals surface area contributed by atoms with Gasteiger partial charge in [0, 0.05) is 12.1 Å². The molecule has 0 bridgehead atoms. The minimum absolute atomic E-state index is 0.116. The predicted molar refractivity (Wildman–Crippen MR) is 73.7 cm³/mol. The molecule has 5 heteroatoms. The van der Waals surface area contributed by atoms with Crippen molar-refractivity contribution < 1.29 is 13.9 Å². The first-order chi connectivity index (χ1) is 8.99. The van der Waals surface area contributed by atoms with E-state index in [1.807, 2.05) is 4.90 Å². The van der Waals surface area contributed by atoms with Crippen LogP contribution in [-0.2, 0) is 6.54 Å². The summed E-state index contributed by atoms with van der Waals surface area (Å²) in [5.41, 5.74) is 0.116. The molecule has 1 fully saturated rings. The Kier molecular flexibility index (Phi) is 4.92. The number of aliphatic hydroxyl groups is 1. The van der Waals surface area contributed by atoms with Crippen molar-refractivity contribution in [2.45, 2.75) is 32.4 Å². The summed E-state index contributed by atoms with van der Waals surface area (Å²) in [5.74, 6) is -0.718. The minimum Gasteiger partial charge on any atom is -0.393 e. The Labute approximate surface area is 120 Å². The van der Waals surface area contributed by atoms with Crippen LogP contribution in [0.15, 0.2) is 16.6 Å². The Hall–Kier alpha value is -0.520. The van der Waals surface area contributed by atoms with Crippen LogP contribution in [0.3, 0.4) is 0 Å². The van der Waals surface area contributed by atoms with E-state index in [-0.39, 0.29) is 18.2 Å². The molecule has 19 heavy (non-hydrogen) atoms. The van der Waals surface area contributed by atoms with Crippen LogP contribution in [0, 0.1) is 17.6 Å². The smallest absolute Gasteiger partial charge is 0.144 e.